The van der Waals surface area contributed by atoms with Crippen molar-refractivity contribution in [3.8, 4) is 17.1 Å². The minimum atomic E-state index is -0.406. The number of aromatic nitrogens is 4. The molecule has 7 nitrogen and oxygen atoms in total. The monoisotopic (exact) mass is 301 g/mol. The van der Waals surface area contributed by atoms with Crippen molar-refractivity contribution in [3.63, 3.8) is 0 Å². The molecule has 7 heteroatoms. The third kappa shape index (κ3) is 3.60. The average Bonchev–Trinajstić information content (AvgIpc) is 2.95. The van der Waals surface area contributed by atoms with Crippen molar-refractivity contribution >= 4 is 6.09 Å². The molecule has 1 N–H and O–H groups in total. The van der Waals surface area contributed by atoms with Gasteiger partial charge in [-0.25, -0.2) is 4.79 Å². The minimum Gasteiger partial charge on any atom is -0.410 e. The van der Waals surface area contributed by atoms with Crippen LogP contribution in [0.3, 0.4) is 0 Å². The Bertz CT molecular complexity index is 649. The van der Waals surface area contributed by atoms with Crippen LogP contribution in [0.25, 0.3) is 11.4 Å². The standard InChI is InChI=1S/C15H19N5O2/c1-20-18-14(17-19-20)11-6-5-9-13(10-11)22-15(21)16-12-7-3-2-4-8-12/h5-6,9-10,12H,2-4,7-8H2,1H3,(H,16,21). The van der Waals surface area contributed by atoms with Crippen LogP contribution in [0.2, 0.25) is 0 Å². The summed E-state index contributed by atoms with van der Waals surface area (Å²) in [6.07, 6.45) is 5.23. The van der Waals surface area contributed by atoms with E-state index in [2.05, 4.69) is 20.7 Å². The number of carbonyl (C=O) groups excluding carboxylic acids is 1. The Morgan fingerprint density at radius 2 is 2.14 bits per heavy atom. The average molecular weight is 301 g/mol. The van der Waals surface area contributed by atoms with Gasteiger partial charge in [0.05, 0.1) is 7.05 Å². The Morgan fingerprint density at radius 3 is 2.86 bits per heavy atom. The molecule has 116 valence electrons. The van der Waals surface area contributed by atoms with Gasteiger partial charge in [-0.05, 0) is 30.2 Å². The van der Waals surface area contributed by atoms with Crippen LogP contribution in [0.15, 0.2) is 24.3 Å². The number of ether oxygens (including phenoxy) is 1. The molecule has 0 aliphatic heterocycles. The van der Waals surface area contributed by atoms with Crippen LogP contribution in [0.4, 0.5) is 4.79 Å². The normalized spacial score (nSPS) is 15.5. The number of tetrazole rings is 1. The minimum absolute atomic E-state index is 0.228. The second-order valence-corrected chi connectivity index (χ2v) is 5.50. The predicted molar refractivity (Wildman–Crippen MR) is 80.3 cm³/mol. The molecule has 0 spiro atoms. The smallest absolute Gasteiger partial charge is 0.410 e. The third-order valence-corrected chi connectivity index (χ3v) is 3.74. The summed E-state index contributed by atoms with van der Waals surface area (Å²) in [7, 11) is 1.70. The zero-order chi connectivity index (χ0) is 15.4. The van der Waals surface area contributed by atoms with Crippen molar-refractivity contribution < 1.29 is 9.53 Å². The lowest BCUT2D eigenvalue weighted by Gasteiger charge is -2.22. The molecule has 1 amide bonds. The van der Waals surface area contributed by atoms with Crippen molar-refractivity contribution in [1.82, 2.24) is 25.5 Å². The summed E-state index contributed by atoms with van der Waals surface area (Å²) in [6, 6.07) is 7.35. The van der Waals surface area contributed by atoms with Crippen LogP contribution in [-0.2, 0) is 7.05 Å². The second kappa shape index (κ2) is 6.55. The highest BCUT2D eigenvalue weighted by molar-refractivity contribution is 5.71. The van der Waals surface area contributed by atoms with E-state index in [0.29, 0.717) is 11.6 Å². The van der Waals surface area contributed by atoms with Gasteiger partial charge >= 0.3 is 6.09 Å². The maximum atomic E-state index is 12.0. The number of rotatable bonds is 3. The number of aryl methyl sites for hydroxylation is 1. The fourth-order valence-corrected chi connectivity index (χ4v) is 2.65. The molecule has 1 saturated carbocycles. The quantitative estimate of drug-likeness (QED) is 0.940. The topological polar surface area (TPSA) is 81.9 Å². The van der Waals surface area contributed by atoms with E-state index in [4.69, 9.17) is 4.74 Å². The summed E-state index contributed by atoms with van der Waals surface area (Å²) in [6.45, 7) is 0. The molecule has 22 heavy (non-hydrogen) atoms. The van der Waals surface area contributed by atoms with E-state index < -0.39 is 6.09 Å². The molecule has 1 aliphatic rings. The largest absolute Gasteiger partial charge is 0.412 e. The molecule has 0 bridgehead atoms. The molecule has 2 aromatic rings. The van der Waals surface area contributed by atoms with E-state index in [1.807, 2.05) is 6.07 Å². The van der Waals surface area contributed by atoms with Gasteiger partial charge in [-0.2, -0.15) is 4.80 Å². The summed E-state index contributed by atoms with van der Waals surface area (Å²) in [5, 5.41) is 14.8. The summed E-state index contributed by atoms with van der Waals surface area (Å²) >= 11 is 0. The number of hydrogen-bond acceptors (Lipinski definition) is 5. The molecule has 0 radical (unpaired) electrons. The number of amides is 1. The van der Waals surface area contributed by atoms with E-state index in [1.165, 1.54) is 24.1 Å². The Morgan fingerprint density at radius 1 is 1.32 bits per heavy atom. The summed E-state index contributed by atoms with van der Waals surface area (Å²) in [4.78, 5) is 13.3. The van der Waals surface area contributed by atoms with Crippen molar-refractivity contribution in [1.29, 1.82) is 0 Å². The lowest BCUT2D eigenvalue weighted by atomic mass is 9.96. The molecular weight excluding hydrogens is 282 g/mol. The first-order valence-corrected chi connectivity index (χ1v) is 7.53. The molecule has 0 unspecified atom stereocenters. The highest BCUT2D eigenvalue weighted by atomic mass is 16.6. The zero-order valence-corrected chi connectivity index (χ0v) is 12.5. The zero-order valence-electron chi connectivity index (χ0n) is 12.5. The van der Waals surface area contributed by atoms with Crippen molar-refractivity contribution in [2.75, 3.05) is 0 Å². The van der Waals surface area contributed by atoms with Crippen LogP contribution in [-0.4, -0.2) is 32.3 Å². The number of hydrogen-bond donors (Lipinski definition) is 1. The highest BCUT2D eigenvalue weighted by Crippen LogP contribution is 2.21. The van der Waals surface area contributed by atoms with Crippen molar-refractivity contribution in [3.05, 3.63) is 24.3 Å². The van der Waals surface area contributed by atoms with E-state index in [1.54, 1.807) is 25.2 Å². The molecule has 1 fully saturated rings. The Kier molecular flexibility index (Phi) is 4.32. The SMILES string of the molecule is Cn1nnc(-c2cccc(OC(=O)NC3CCCCC3)c2)n1. The molecular formula is C15H19N5O2. The van der Waals surface area contributed by atoms with Gasteiger partial charge in [0.2, 0.25) is 5.82 Å². The fraction of sp³-hybridized carbons (Fsp3) is 0.467. The molecule has 1 aromatic heterocycles. The molecule has 1 aromatic carbocycles. The highest BCUT2D eigenvalue weighted by Gasteiger charge is 2.17. The van der Waals surface area contributed by atoms with Crippen LogP contribution in [0.5, 0.6) is 5.75 Å². The van der Waals surface area contributed by atoms with Crippen molar-refractivity contribution in [2.24, 2.45) is 7.05 Å². The van der Waals surface area contributed by atoms with Gasteiger partial charge in [0.15, 0.2) is 0 Å². The molecule has 0 saturated heterocycles. The molecule has 3 rings (SSSR count). The third-order valence-electron chi connectivity index (χ3n) is 3.74. The summed E-state index contributed by atoms with van der Waals surface area (Å²) < 4.78 is 5.35. The molecule has 1 heterocycles. The molecule has 0 atom stereocenters. The van der Waals surface area contributed by atoms with Gasteiger partial charge in [0.25, 0.3) is 0 Å². The van der Waals surface area contributed by atoms with Crippen LogP contribution >= 0.6 is 0 Å². The van der Waals surface area contributed by atoms with Gasteiger partial charge in [-0.3, -0.25) is 0 Å². The van der Waals surface area contributed by atoms with Crippen LogP contribution < -0.4 is 10.1 Å². The van der Waals surface area contributed by atoms with E-state index in [0.717, 1.165) is 18.4 Å². The lowest BCUT2D eigenvalue weighted by Crippen LogP contribution is -2.37. The van der Waals surface area contributed by atoms with Crippen LogP contribution in [0, 0.1) is 0 Å². The maximum absolute atomic E-state index is 12.0. The molecule has 1 aliphatic carbocycles. The van der Waals surface area contributed by atoms with Crippen LogP contribution in [0.1, 0.15) is 32.1 Å². The first-order chi connectivity index (χ1) is 10.7. The maximum Gasteiger partial charge on any atom is 0.412 e. The number of nitrogens with one attached hydrogen (secondary N) is 1. The van der Waals surface area contributed by atoms with E-state index >= 15 is 0 Å². The first kappa shape index (κ1) is 14.5. The van der Waals surface area contributed by atoms with Gasteiger partial charge in [-0.15, -0.1) is 10.2 Å². The fourth-order valence-electron chi connectivity index (χ4n) is 2.65. The lowest BCUT2D eigenvalue weighted by molar-refractivity contribution is 0.192. The number of nitrogens with zero attached hydrogens (tertiary/aromatic N) is 4. The van der Waals surface area contributed by atoms with Gasteiger partial charge < -0.3 is 10.1 Å². The van der Waals surface area contributed by atoms with Gasteiger partial charge in [0.1, 0.15) is 5.75 Å². The van der Waals surface area contributed by atoms with E-state index in [-0.39, 0.29) is 6.04 Å². The van der Waals surface area contributed by atoms with Gasteiger partial charge in [0, 0.05) is 11.6 Å². The predicted octanol–water partition coefficient (Wildman–Crippen LogP) is 2.30. The summed E-state index contributed by atoms with van der Waals surface area (Å²) in [5.41, 5.74) is 0.760. The number of carbonyl (C=O) groups is 1. The number of benzene rings is 1. The second-order valence-electron chi connectivity index (χ2n) is 5.50. The first-order valence-electron chi connectivity index (χ1n) is 7.53. The Balaban J connectivity index is 1.63. The summed E-state index contributed by atoms with van der Waals surface area (Å²) in [5.74, 6) is 0.971. The van der Waals surface area contributed by atoms with E-state index in [9.17, 15) is 4.79 Å². The van der Waals surface area contributed by atoms with Crippen molar-refractivity contribution in [2.45, 2.75) is 38.1 Å². The Labute approximate surface area is 128 Å². The Hall–Kier alpha value is -2.44. The van der Waals surface area contributed by atoms with Gasteiger partial charge in [-0.1, -0.05) is 31.4 Å².